The van der Waals surface area contributed by atoms with Crippen molar-refractivity contribution >= 4 is 9.84 Å². The van der Waals surface area contributed by atoms with Crippen molar-refractivity contribution in [1.82, 2.24) is 0 Å². The molecule has 0 radical (unpaired) electrons. The molecule has 0 spiro atoms. The van der Waals surface area contributed by atoms with Gasteiger partial charge in [0.05, 0.1) is 0 Å². The predicted molar refractivity (Wildman–Crippen MR) is 35.4 cm³/mol. The monoisotopic (exact) mass is 244 g/mol. The Morgan fingerprint density at radius 2 is 1.29 bits per heavy atom. The molecule has 2 nitrogen and oxygen atoms in total. The topological polar surface area (TPSA) is 34.1 Å². The predicted octanol–water partition coefficient (Wildman–Crippen LogP) is 1.91. The molecule has 0 aliphatic heterocycles. The summed E-state index contributed by atoms with van der Waals surface area (Å²) >= 11 is 0. The molecule has 86 valence electrons. The molecule has 0 aliphatic rings. The summed E-state index contributed by atoms with van der Waals surface area (Å²) in [4.78, 5) is 0. The largest absolute Gasteiger partial charge is 0.414 e. The summed E-state index contributed by atoms with van der Waals surface area (Å²) in [7, 11) is -5.23. The van der Waals surface area contributed by atoms with E-state index in [4.69, 9.17) is 0 Å². The molecule has 0 aromatic heterocycles. The SMILES string of the molecule is CCS(=O)(=O)C(C(F)(F)F)C(F)(F)F. The molecule has 0 atom stereocenters. The maximum atomic E-state index is 11.8. The van der Waals surface area contributed by atoms with Crippen molar-refractivity contribution in [2.75, 3.05) is 5.75 Å². The van der Waals surface area contributed by atoms with Crippen molar-refractivity contribution in [3.8, 4) is 0 Å². The number of alkyl halides is 6. The lowest BCUT2D eigenvalue weighted by atomic mass is 10.4. The molecule has 0 N–H and O–H groups in total. The fraction of sp³-hybridized carbons (Fsp3) is 1.00. The molecule has 0 heterocycles. The molecule has 0 aliphatic carbocycles. The van der Waals surface area contributed by atoms with Gasteiger partial charge in [0.1, 0.15) is 0 Å². The van der Waals surface area contributed by atoms with Crippen molar-refractivity contribution in [3.63, 3.8) is 0 Å². The molecule has 0 unspecified atom stereocenters. The van der Waals surface area contributed by atoms with Gasteiger partial charge in [0.25, 0.3) is 5.25 Å². The lowest BCUT2D eigenvalue weighted by molar-refractivity contribution is -0.226. The first-order valence-electron chi connectivity index (χ1n) is 3.28. The van der Waals surface area contributed by atoms with Crippen LogP contribution in [0.2, 0.25) is 0 Å². The fourth-order valence-corrected chi connectivity index (χ4v) is 1.91. The van der Waals surface area contributed by atoms with Crippen LogP contribution >= 0.6 is 0 Å². The van der Waals surface area contributed by atoms with Gasteiger partial charge < -0.3 is 0 Å². The Kier molecular flexibility index (Phi) is 3.47. The van der Waals surface area contributed by atoms with E-state index in [1.54, 1.807) is 0 Å². The van der Waals surface area contributed by atoms with Gasteiger partial charge in [-0.3, -0.25) is 0 Å². The van der Waals surface area contributed by atoms with Crippen LogP contribution in [0.5, 0.6) is 0 Å². The first-order chi connectivity index (χ1) is 5.93. The molecule has 0 saturated carbocycles. The van der Waals surface area contributed by atoms with Gasteiger partial charge in [0.2, 0.25) is 0 Å². The minimum Gasteiger partial charge on any atom is -0.228 e. The molecule has 0 aromatic carbocycles. The summed E-state index contributed by atoms with van der Waals surface area (Å²) in [5.41, 5.74) is 0. The highest BCUT2D eigenvalue weighted by molar-refractivity contribution is 7.92. The molecular weight excluding hydrogens is 238 g/mol. The quantitative estimate of drug-likeness (QED) is 0.695. The van der Waals surface area contributed by atoms with Gasteiger partial charge in [0.15, 0.2) is 9.84 Å². The second kappa shape index (κ2) is 3.59. The van der Waals surface area contributed by atoms with Crippen LogP contribution in [0, 0.1) is 0 Å². The van der Waals surface area contributed by atoms with E-state index >= 15 is 0 Å². The Labute approximate surface area is 75.8 Å². The highest BCUT2D eigenvalue weighted by Gasteiger charge is 2.63. The van der Waals surface area contributed by atoms with E-state index in [2.05, 4.69) is 0 Å². The van der Waals surface area contributed by atoms with Gasteiger partial charge in [-0.1, -0.05) is 6.92 Å². The zero-order chi connectivity index (χ0) is 11.8. The minimum absolute atomic E-state index is 0.722. The Hall–Kier alpha value is -0.470. The van der Waals surface area contributed by atoms with Crippen LogP contribution in [0.1, 0.15) is 6.92 Å². The Morgan fingerprint density at radius 3 is 1.36 bits per heavy atom. The maximum absolute atomic E-state index is 11.8. The summed E-state index contributed by atoms with van der Waals surface area (Å²) in [5, 5.41) is -4.28. The number of rotatable bonds is 2. The van der Waals surface area contributed by atoms with E-state index < -0.39 is 33.2 Å². The van der Waals surface area contributed by atoms with Crippen LogP contribution in [0.3, 0.4) is 0 Å². The van der Waals surface area contributed by atoms with Gasteiger partial charge in [0, 0.05) is 5.75 Å². The molecule has 0 fully saturated rings. The third kappa shape index (κ3) is 3.03. The third-order valence-electron chi connectivity index (χ3n) is 1.36. The first kappa shape index (κ1) is 13.5. The Morgan fingerprint density at radius 1 is 1.00 bits per heavy atom. The Bertz CT molecular complexity index is 272. The van der Waals surface area contributed by atoms with Crippen molar-refractivity contribution in [2.45, 2.75) is 24.5 Å². The summed E-state index contributed by atoms with van der Waals surface area (Å²) in [6, 6.07) is 0. The van der Waals surface area contributed by atoms with Gasteiger partial charge in [-0.2, -0.15) is 26.3 Å². The Balaban J connectivity index is 5.38. The second-order valence-corrected chi connectivity index (χ2v) is 4.79. The van der Waals surface area contributed by atoms with Crippen LogP contribution in [-0.4, -0.2) is 31.8 Å². The van der Waals surface area contributed by atoms with Crippen LogP contribution in [0.25, 0.3) is 0 Å². The summed E-state index contributed by atoms with van der Waals surface area (Å²) in [6.45, 7) is 0.722. The van der Waals surface area contributed by atoms with Crippen LogP contribution in [-0.2, 0) is 9.84 Å². The van der Waals surface area contributed by atoms with Crippen LogP contribution in [0.4, 0.5) is 26.3 Å². The van der Waals surface area contributed by atoms with E-state index in [-0.39, 0.29) is 0 Å². The second-order valence-electron chi connectivity index (χ2n) is 2.41. The normalized spacial score (nSPS) is 14.9. The molecule has 9 heteroatoms. The first-order valence-corrected chi connectivity index (χ1v) is 4.99. The van der Waals surface area contributed by atoms with E-state index in [1.165, 1.54) is 0 Å². The van der Waals surface area contributed by atoms with Crippen LogP contribution < -0.4 is 0 Å². The van der Waals surface area contributed by atoms with Gasteiger partial charge in [-0.15, -0.1) is 0 Å². The number of halogens is 6. The fourth-order valence-electron chi connectivity index (χ4n) is 0.759. The summed E-state index contributed by atoms with van der Waals surface area (Å²) in [5.74, 6) is -1.21. The lowest BCUT2D eigenvalue weighted by Crippen LogP contribution is -2.48. The molecule has 0 rings (SSSR count). The molecule has 0 saturated heterocycles. The summed E-state index contributed by atoms with van der Waals surface area (Å²) < 4.78 is 91.9. The molecular formula is C5H6F6O2S. The highest BCUT2D eigenvalue weighted by Crippen LogP contribution is 2.38. The van der Waals surface area contributed by atoms with E-state index in [0.29, 0.717) is 0 Å². The van der Waals surface area contributed by atoms with E-state index in [9.17, 15) is 34.8 Å². The zero-order valence-corrected chi connectivity index (χ0v) is 7.59. The van der Waals surface area contributed by atoms with Gasteiger partial charge in [-0.05, 0) is 0 Å². The molecule has 0 bridgehead atoms. The van der Waals surface area contributed by atoms with Crippen LogP contribution in [0.15, 0.2) is 0 Å². The standard InChI is InChI=1S/C5H6F6O2S/c1-2-14(12,13)3(4(6,7)8)5(9,10)11/h3H,2H2,1H3. The van der Waals surface area contributed by atoms with E-state index in [1.807, 2.05) is 0 Å². The highest BCUT2D eigenvalue weighted by atomic mass is 32.2. The van der Waals surface area contributed by atoms with Gasteiger partial charge in [-0.25, -0.2) is 8.42 Å². The number of hydrogen-bond donors (Lipinski definition) is 0. The molecule has 14 heavy (non-hydrogen) atoms. The number of sulfone groups is 1. The van der Waals surface area contributed by atoms with Crippen molar-refractivity contribution < 1.29 is 34.8 Å². The lowest BCUT2D eigenvalue weighted by Gasteiger charge is -2.21. The molecule has 0 aromatic rings. The zero-order valence-electron chi connectivity index (χ0n) is 6.78. The number of hydrogen-bond acceptors (Lipinski definition) is 2. The van der Waals surface area contributed by atoms with Crippen molar-refractivity contribution in [1.29, 1.82) is 0 Å². The molecule has 0 amide bonds. The average Bonchev–Trinajstić information content (AvgIpc) is 1.79. The average molecular weight is 244 g/mol. The van der Waals surface area contributed by atoms with E-state index in [0.717, 1.165) is 6.92 Å². The summed E-state index contributed by atoms with van der Waals surface area (Å²) in [6.07, 6.45) is -11.7. The third-order valence-corrected chi connectivity index (χ3v) is 3.41. The minimum atomic E-state index is -5.83. The van der Waals surface area contributed by atoms with Crippen molar-refractivity contribution in [3.05, 3.63) is 0 Å². The van der Waals surface area contributed by atoms with Crippen molar-refractivity contribution in [2.24, 2.45) is 0 Å². The maximum Gasteiger partial charge on any atom is 0.414 e. The smallest absolute Gasteiger partial charge is 0.228 e. The van der Waals surface area contributed by atoms with Gasteiger partial charge >= 0.3 is 12.4 Å².